The molecular formula is C11H13N2O2. The van der Waals surface area contributed by atoms with Crippen molar-refractivity contribution in [1.29, 1.82) is 0 Å². The first-order chi connectivity index (χ1) is 7.28. The Morgan fingerprint density at radius 2 is 1.93 bits per heavy atom. The third-order valence-electron chi connectivity index (χ3n) is 2.29. The van der Waals surface area contributed by atoms with Crippen LogP contribution < -0.4 is 9.47 Å². The first-order valence-corrected chi connectivity index (χ1v) is 4.67. The van der Waals surface area contributed by atoms with Gasteiger partial charge in [-0.15, -0.1) is 0 Å². The Hall–Kier alpha value is -1.71. The van der Waals surface area contributed by atoms with E-state index in [1.807, 2.05) is 18.3 Å². The van der Waals surface area contributed by atoms with E-state index in [-0.39, 0.29) is 0 Å². The van der Waals surface area contributed by atoms with Crippen LogP contribution in [0.1, 0.15) is 0 Å². The van der Waals surface area contributed by atoms with E-state index in [2.05, 4.69) is 12.0 Å². The van der Waals surface area contributed by atoms with Crippen LogP contribution in [-0.4, -0.2) is 24.0 Å². The van der Waals surface area contributed by atoms with Gasteiger partial charge in [0.2, 0.25) is 0 Å². The summed E-state index contributed by atoms with van der Waals surface area (Å²) in [6.07, 6.45) is 1.93. The van der Waals surface area contributed by atoms with Crippen molar-refractivity contribution in [3.63, 3.8) is 0 Å². The number of hydrogen-bond acceptors (Lipinski definition) is 3. The summed E-state index contributed by atoms with van der Waals surface area (Å²) < 4.78 is 12.2. The quantitative estimate of drug-likeness (QED) is 0.767. The lowest BCUT2D eigenvalue weighted by molar-refractivity contribution is 0.356. The molecule has 0 fully saturated rings. The molecule has 0 aliphatic rings. The first-order valence-electron chi connectivity index (χ1n) is 4.67. The van der Waals surface area contributed by atoms with Gasteiger partial charge in [-0.3, -0.25) is 4.68 Å². The highest BCUT2D eigenvalue weighted by atomic mass is 16.5. The molecule has 0 atom stereocenters. The summed E-state index contributed by atoms with van der Waals surface area (Å²) in [7, 11) is 3.23. The Balaban J connectivity index is 2.61. The third kappa shape index (κ3) is 1.63. The van der Waals surface area contributed by atoms with Gasteiger partial charge in [-0.1, -0.05) is 0 Å². The third-order valence-corrected chi connectivity index (χ3v) is 2.29. The second-order valence-electron chi connectivity index (χ2n) is 3.16. The summed E-state index contributed by atoms with van der Waals surface area (Å²) in [5, 5.41) is 5.36. The summed E-state index contributed by atoms with van der Waals surface area (Å²) in [4.78, 5) is 0. The molecule has 1 aromatic carbocycles. The fraction of sp³-hybridized carbons (Fsp3) is 0.273. The number of fused-ring (bicyclic) bond motifs is 1. The van der Waals surface area contributed by atoms with E-state index in [1.165, 1.54) is 0 Å². The van der Waals surface area contributed by atoms with Crippen LogP contribution in [0.15, 0.2) is 18.3 Å². The average molecular weight is 205 g/mol. The SMILES string of the molecule is [CH2]Cn1cc2cc(OC)c(OC)cc2n1. The minimum absolute atomic E-state index is 0.610. The van der Waals surface area contributed by atoms with Gasteiger partial charge < -0.3 is 9.47 Å². The molecule has 0 bridgehead atoms. The fourth-order valence-electron chi connectivity index (χ4n) is 1.52. The molecule has 2 rings (SSSR count). The second-order valence-corrected chi connectivity index (χ2v) is 3.16. The standard InChI is InChI=1S/C11H13N2O2/c1-4-13-7-8-5-10(14-2)11(15-3)6-9(8)12-13/h5-7H,1,4H2,2-3H3. The Morgan fingerprint density at radius 3 is 2.53 bits per heavy atom. The topological polar surface area (TPSA) is 36.3 Å². The van der Waals surface area contributed by atoms with E-state index in [0.717, 1.165) is 10.9 Å². The van der Waals surface area contributed by atoms with Crippen molar-refractivity contribution in [1.82, 2.24) is 9.78 Å². The maximum atomic E-state index is 5.21. The van der Waals surface area contributed by atoms with E-state index < -0.39 is 0 Å². The van der Waals surface area contributed by atoms with Crippen LogP contribution in [0, 0.1) is 6.92 Å². The number of methoxy groups -OCH3 is 2. The zero-order chi connectivity index (χ0) is 10.8. The van der Waals surface area contributed by atoms with Crippen molar-refractivity contribution in [2.75, 3.05) is 14.2 Å². The highest BCUT2D eigenvalue weighted by Gasteiger charge is 2.08. The van der Waals surface area contributed by atoms with Gasteiger partial charge in [0.25, 0.3) is 0 Å². The molecule has 15 heavy (non-hydrogen) atoms. The normalized spacial score (nSPS) is 10.6. The van der Waals surface area contributed by atoms with Gasteiger partial charge in [0.05, 0.1) is 19.7 Å². The highest BCUT2D eigenvalue weighted by Crippen LogP contribution is 2.31. The van der Waals surface area contributed by atoms with Gasteiger partial charge >= 0.3 is 0 Å². The van der Waals surface area contributed by atoms with E-state index in [1.54, 1.807) is 18.9 Å². The Bertz CT molecular complexity index is 436. The maximum absolute atomic E-state index is 5.21. The minimum atomic E-state index is 0.610. The lowest BCUT2D eigenvalue weighted by Gasteiger charge is -2.05. The molecule has 1 heterocycles. The molecule has 0 saturated carbocycles. The van der Waals surface area contributed by atoms with Gasteiger partial charge in [-0.05, 0) is 13.0 Å². The van der Waals surface area contributed by atoms with Gasteiger partial charge in [0.1, 0.15) is 0 Å². The monoisotopic (exact) mass is 205 g/mol. The smallest absolute Gasteiger partial charge is 0.162 e. The molecule has 0 N–H and O–H groups in total. The molecule has 1 aromatic heterocycles. The van der Waals surface area contributed by atoms with Crippen LogP contribution in [0.5, 0.6) is 11.5 Å². The molecule has 79 valence electrons. The van der Waals surface area contributed by atoms with Crippen LogP contribution in [0.3, 0.4) is 0 Å². The van der Waals surface area contributed by atoms with Crippen molar-refractivity contribution >= 4 is 10.9 Å². The van der Waals surface area contributed by atoms with Crippen LogP contribution in [0.2, 0.25) is 0 Å². The van der Waals surface area contributed by atoms with Gasteiger partial charge in [-0.2, -0.15) is 5.10 Å². The number of hydrogen-bond donors (Lipinski definition) is 0. The van der Waals surface area contributed by atoms with Gasteiger partial charge in [-0.25, -0.2) is 0 Å². The number of nitrogens with zero attached hydrogens (tertiary/aromatic N) is 2. The molecule has 2 aromatic rings. The number of ether oxygens (including phenoxy) is 2. The van der Waals surface area contributed by atoms with Crippen LogP contribution in [0.4, 0.5) is 0 Å². The number of aromatic nitrogens is 2. The molecule has 0 unspecified atom stereocenters. The fourth-order valence-corrected chi connectivity index (χ4v) is 1.52. The van der Waals surface area contributed by atoms with Gasteiger partial charge in [0, 0.05) is 24.2 Å². The lowest BCUT2D eigenvalue weighted by atomic mass is 10.2. The van der Waals surface area contributed by atoms with Crippen molar-refractivity contribution < 1.29 is 9.47 Å². The second kappa shape index (κ2) is 3.81. The summed E-state index contributed by atoms with van der Waals surface area (Å²) in [5.41, 5.74) is 0.885. The molecule has 4 nitrogen and oxygen atoms in total. The summed E-state index contributed by atoms with van der Waals surface area (Å²) in [6, 6.07) is 3.77. The zero-order valence-electron chi connectivity index (χ0n) is 8.86. The van der Waals surface area contributed by atoms with E-state index >= 15 is 0 Å². The van der Waals surface area contributed by atoms with E-state index in [0.29, 0.717) is 18.0 Å². The maximum Gasteiger partial charge on any atom is 0.162 e. The molecular weight excluding hydrogens is 192 g/mol. The first kappa shape index (κ1) is 9.83. The molecule has 0 saturated heterocycles. The Kier molecular flexibility index (Phi) is 2.49. The predicted octanol–water partition coefficient (Wildman–Crippen LogP) is 1.89. The minimum Gasteiger partial charge on any atom is -0.493 e. The van der Waals surface area contributed by atoms with Crippen LogP contribution in [-0.2, 0) is 6.54 Å². The average Bonchev–Trinajstić information content (AvgIpc) is 2.68. The van der Waals surface area contributed by atoms with Crippen molar-refractivity contribution in [2.24, 2.45) is 0 Å². The number of rotatable bonds is 3. The summed E-state index contributed by atoms with van der Waals surface area (Å²) in [5.74, 6) is 1.41. The molecule has 0 amide bonds. The zero-order valence-corrected chi connectivity index (χ0v) is 8.86. The lowest BCUT2D eigenvalue weighted by Crippen LogP contribution is -1.92. The largest absolute Gasteiger partial charge is 0.493 e. The van der Waals surface area contributed by atoms with Gasteiger partial charge in [0.15, 0.2) is 11.5 Å². The Labute approximate surface area is 88.4 Å². The Morgan fingerprint density at radius 1 is 1.27 bits per heavy atom. The van der Waals surface area contributed by atoms with Crippen molar-refractivity contribution in [3.05, 3.63) is 25.3 Å². The molecule has 4 heteroatoms. The summed E-state index contributed by atoms with van der Waals surface area (Å²) >= 11 is 0. The van der Waals surface area contributed by atoms with Crippen molar-refractivity contribution in [2.45, 2.75) is 6.54 Å². The predicted molar refractivity (Wildman–Crippen MR) is 58.2 cm³/mol. The van der Waals surface area contributed by atoms with Crippen LogP contribution in [0.25, 0.3) is 10.9 Å². The van der Waals surface area contributed by atoms with Crippen LogP contribution >= 0.6 is 0 Å². The highest BCUT2D eigenvalue weighted by molar-refractivity contribution is 5.82. The van der Waals surface area contributed by atoms with Crippen molar-refractivity contribution in [3.8, 4) is 11.5 Å². The molecule has 0 aliphatic heterocycles. The molecule has 0 spiro atoms. The summed E-state index contributed by atoms with van der Waals surface area (Å²) in [6.45, 7) is 4.38. The number of benzene rings is 1. The van der Waals surface area contributed by atoms with E-state index in [4.69, 9.17) is 9.47 Å². The molecule has 1 radical (unpaired) electrons. The van der Waals surface area contributed by atoms with E-state index in [9.17, 15) is 0 Å². The molecule has 0 aliphatic carbocycles.